The molecular weight excluding hydrogens is 393 g/mol. The lowest BCUT2D eigenvalue weighted by Gasteiger charge is -2.21. The van der Waals surface area contributed by atoms with Crippen LogP contribution in [0.25, 0.3) is 16.6 Å². The molecule has 5 nitrogen and oxygen atoms in total. The summed E-state index contributed by atoms with van der Waals surface area (Å²) >= 11 is 0. The molecule has 1 fully saturated rings. The number of H-pyrrole nitrogens is 1. The number of aromatic nitrogens is 2. The standard InChI is InChI=1S/C22H21F3N4O/c23-22(24,25)17(16-7-2-1-3-8-16)15-20(30)28-11-6-12-29(14-13-28)21-26-18-9-4-5-10-19(18)27-21/h1-5,7-10,15H,6,11-14H2,(H,26,27)/b17-15+. The van der Waals surface area contributed by atoms with E-state index < -0.39 is 17.7 Å². The zero-order valence-corrected chi connectivity index (χ0v) is 16.2. The van der Waals surface area contributed by atoms with Crippen molar-refractivity contribution in [1.29, 1.82) is 0 Å². The summed E-state index contributed by atoms with van der Waals surface area (Å²) in [7, 11) is 0. The van der Waals surface area contributed by atoms with Crippen molar-refractivity contribution in [3.8, 4) is 0 Å². The van der Waals surface area contributed by atoms with E-state index in [9.17, 15) is 18.0 Å². The Morgan fingerprint density at radius 3 is 2.43 bits per heavy atom. The highest BCUT2D eigenvalue weighted by Crippen LogP contribution is 2.33. The molecule has 8 heteroatoms. The van der Waals surface area contributed by atoms with Gasteiger partial charge < -0.3 is 14.8 Å². The Hall–Kier alpha value is -3.29. The molecule has 1 aliphatic rings. The zero-order valence-electron chi connectivity index (χ0n) is 16.2. The molecule has 2 heterocycles. The number of para-hydroxylation sites is 2. The van der Waals surface area contributed by atoms with Crippen LogP contribution in [0.5, 0.6) is 0 Å². The minimum Gasteiger partial charge on any atom is -0.341 e. The van der Waals surface area contributed by atoms with Crippen molar-refractivity contribution in [3.05, 3.63) is 66.2 Å². The van der Waals surface area contributed by atoms with Crippen LogP contribution in [0.2, 0.25) is 0 Å². The van der Waals surface area contributed by atoms with Gasteiger partial charge in [-0.25, -0.2) is 4.98 Å². The molecule has 4 rings (SSSR count). The molecule has 0 saturated carbocycles. The minimum atomic E-state index is -4.61. The summed E-state index contributed by atoms with van der Waals surface area (Å²) < 4.78 is 40.6. The Kier molecular flexibility index (Phi) is 5.48. The first kappa shape index (κ1) is 20.0. The number of nitrogens with one attached hydrogen (secondary N) is 1. The molecule has 1 saturated heterocycles. The fraction of sp³-hybridized carbons (Fsp3) is 0.273. The van der Waals surface area contributed by atoms with Gasteiger partial charge in [0.1, 0.15) is 0 Å². The number of carbonyl (C=O) groups is 1. The van der Waals surface area contributed by atoms with Crippen molar-refractivity contribution in [3.63, 3.8) is 0 Å². The number of hydrogen-bond acceptors (Lipinski definition) is 3. The van der Waals surface area contributed by atoms with Crippen molar-refractivity contribution in [2.75, 3.05) is 31.1 Å². The van der Waals surface area contributed by atoms with Crippen molar-refractivity contribution in [2.24, 2.45) is 0 Å². The minimum absolute atomic E-state index is 0.0166. The maximum absolute atomic E-state index is 13.5. The fourth-order valence-electron chi connectivity index (χ4n) is 3.60. The van der Waals surface area contributed by atoms with E-state index in [1.165, 1.54) is 29.2 Å². The van der Waals surface area contributed by atoms with Gasteiger partial charge in [-0.05, 0) is 24.1 Å². The molecule has 0 radical (unpaired) electrons. The van der Waals surface area contributed by atoms with Gasteiger partial charge in [0.05, 0.1) is 16.6 Å². The van der Waals surface area contributed by atoms with Crippen LogP contribution in [0.3, 0.4) is 0 Å². The second-order valence-electron chi connectivity index (χ2n) is 7.17. The highest BCUT2D eigenvalue weighted by Gasteiger charge is 2.35. The quantitative estimate of drug-likeness (QED) is 0.652. The van der Waals surface area contributed by atoms with Gasteiger partial charge in [-0.1, -0.05) is 42.5 Å². The molecule has 156 valence electrons. The summed E-state index contributed by atoms with van der Waals surface area (Å²) in [6.07, 6.45) is -3.25. The smallest absolute Gasteiger partial charge is 0.341 e. The summed E-state index contributed by atoms with van der Waals surface area (Å²) in [6, 6.07) is 15.1. The Morgan fingerprint density at radius 1 is 0.967 bits per heavy atom. The second-order valence-corrected chi connectivity index (χ2v) is 7.17. The average molecular weight is 414 g/mol. The van der Waals surface area contributed by atoms with E-state index in [4.69, 9.17) is 0 Å². The van der Waals surface area contributed by atoms with Crippen molar-refractivity contribution in [1.82, 2.24) is 14.9 Å². The number of rotatable bonds is 3. The molecular formula is C22H21F3N4O. The van der Waals surface area contributed by atoms with E-state index in [0.717, 1.165) is 11.0 Å². The first-order valence-corrected chi connectivity index (χ1v) is 9.75. The molecule has 0 bridgehead atoms. The molecule has 2 aromatic carbocycles. The summed E-state index contributed by atoms with van der Waals surface area (Å²) in [5.74, 6) is 0.0824. The van der Waals surface area contributed by atoms with Gasteiger partial charge in [0.25, 0.3) is 0 Å². The predicted molar refractivity (Wildman–Crippen MR) is 110 cm³/mol. The number of alkyl halides is 3. The number of fused-ring (bicyclic) bond motifs is 1. The van der Waals surface area contributed by atoms with Gasteiger partial charge in [-0.3, -0.25) is 4.79 Å². The molecule has 0 unspecified atom stereocenters. The maximum Gasteiger partial charge on any atom is 0.417 e. The van der Waals surface area contributed by atoms with Gasteiger partial charge in [-0.2, -0.15) is 13.2 Å². The van der Waals surface area contributed by atoms with Crippen LogP contribution in [-0.4, -0.2) is 53.1 Å². The molecule has 30 heavy (non-hydrogen) atoms. The molecule has 3 aromatic rings. The Morgan fingerprint density at radius 2 is 1.70 bits per heavy atom. The Labute approximate surface area is 171 Å². The maximum atomic E-state index is 13.5. The van der Waals surface area contributed by atoms with Gasteiger partial charge in [-0.15, -0.1) is 0 Å². The summed E-state index contributed by atoms with van der Waals surface area (Å²) in [4.78, 5) is 24.0. The number of amides is 1. The number of aromatic amines is 1. The third-order valence-electron chi connectivity index (χ3n) is 5.14. The fourth-order valence-corrected chi connectivity index (χ4v) is 3.60. The van der Waals surface area contributed by atoms with Crippen LogP contribution in [0.4, 0.5) is 19.1 Å². The summed E-state index contributed by atoms with van der Waals surface area (Å²) in [5, 5.41) is 0. The normalized spacial score (nSPS) is 16.0. The van der Waals surface area contributed by atoms with Gasteiger partial charge in [0, 0.05) is 32.3 Å². The van der Waals surface area contributed by atoms with Crippen LogP contribution in [0, 0.1) is 0 Å². The van der Waals surface area contributed by atoms with E-state index in [1.54, 1.807) is 6.07 Å². The molecule has 0 atom stereocenters. The first-order chi connectivity index (χ1) is 14.4. The van der Waals surface area contributed by atoms with Crippen molar-refractivity contribution < 1.29 is 18.0 Å². The second kappa shape index (κ2) is 8.22. The highest BCUT2D eigenvalue weighted by atomic mass is 19.4. The van der Waals surface area contributed by atoms with E-state index in [1.807, 2.05) is 29.2 Å². The highest BCUT2D eigenvalue weighted by molar-refractivity contribution is 5.96. The zero-order chi connectivity index (χ0) is 21.1. The number of nitrogens with zero attached hydrogens (tertiary/aromatic N) is 3. The molecule has 0 spiro atoms. The van der Waals surface area contributed by atoms with Crippen LogP contribution in [0.1, 0.15) is 12.0 Å². The topological polar surface area (TPSA) is 52.2 Å². The monoisotopic (exact) mass is 414 g/mol. The van der Waals surface area contributed by atoms with E-state index in [-0.39, 0.29) is 5.56 Å². The van der Waals surface area contributed by atoms with Gasteiger partial charge in [0.2, 0.25) is 11.9 Å². The van der Waals surface area contributed by atoms with Crippen molar-refractivity contribution in [2.45, 2.75) is 12.6 Å². The number of carbonyl (C=O) groups excluding carboxylic acids is 1. The lowest BCUT2D eigenvalue weighted by molar-refractivity contribution is -0.126. The number of anilines is 1. The number of benzene rings is 2. The number of hydrogen-bond donors (Lipinski definition) is 1. The molecule has 1 aromatic heterocycles. The SMILES string of the molecule is O=C(/C=C(\c1ccccc1)C(F)(F)F)N1CCCN(c2nc3ccccc3[nH]2)CC1. The van der Waals surface area contributed by atoms with Crippen molar-refractivity contribution >= 4 is 28.5 Å². The molecule has 1 N–H and O–H groups in total. The van der Waals surface area contributed by atoms with E-state index >= 15 is 0 Å². The third kappa shape index (κ3) is 4.32. The third-order valence-corrected chi connectivity index (χ3v) is 5.14. The largest absolute Gasteiger partial charge is 0.417 e. The number of imidazole rings is 1. The predicted octanol–water partition coefficient (Wildman–Crippen LogP) is 4.25. The molecule has 1 amide bonds. The lowest BCUT2D eigenvalue weighted by Crippen LogP contribution is -2.35. The number of halogens is 3. The Bertz CT molecular complexity index is 1030. The number of allylic oxidation sites excluding steroid dienone is 1. The first-order valence-electron chi connectivity index (χ1n) is 9.75. The summed E-state index contributed by atoms with van der Waals surface area (Å²) in [6.45, 7) is 1.88. The van der Waals surface area contributed by atoms with E-state index in [0.29, 0.717) is 44.6 Å². The van der Waals surface area contributed by atoms with Crippen LogP contribution in [0.15, 0.2) is 60.7 Å². The summed E-state index contributed by atoms with van der Waals surface area (Å²) in [5.41, 5.74) is 0.833. The molecule has 0 aliphatic carbocycles. The Balaban J connectivity index is 1.50. The lowest BCUT2D eigenvalue weighted by atomic mass is 10.0. The van der Waals surface area contributed by atoms with Gasteiger partial charge >= 0.3 is 6.18 Å². The van der Waals surface area contributed by atoms with Crippen LogP contribution >= 0.6 is 0 Å². The van der Waals surface area contributed by atoms with Crippen LogP contribution in [-0.2, 0) is 4.79 Å². The average Bonchev–Trinajstić information content (AvgIpc) is 3.01. The molecule has 1 aliphatic heterocycles. The van der Waals surface area contributed by atoms with Crippen LogP contribution < -0.4 is 4.90 Å². The van der Waals surface area contributed by atoms with Gasteiger partial charge in [0.15, 0.2) is 0 Å². The van der Waals surface area contributed by atoms with E-state index in [2.05, 4.69) is 9.97 Å².